The second kappa shape index (κ2) is 7.76. The molecule has 3 aromatic rings. The van der Waals surface area contributed by atoms with Crippen LogP contribution >= 0.6 is 0 Å². The van der Waals surface area contributed by atoms with Gasteiger partial charge in [-0.1, -0.05) is 12.1 Å². The average Bonchev–Trinajstić information content (AvgIpc) is 3.57. The minimum Gasteiger partial charge on any atom is -0.476 e. The third kappa shape index (κ3) is 3.97. The van der Waals surface area contributed by atoms with E-state index in [0.717, 1.165) is 23.8 Å². The lowest BCUT2D eigenvalue weighted by molar-refractivity contribution is 0.0949. The molecule has 7 nitrogen and oxygen atoms in total. The number of aromatic nitrogens is 2. The summed E-state index contributed by atoms with van der Waals surface area (Å²) in [5.41, 5.74) is 1.64. The molecule has 1 amide bonds. The molecule has 1 aromatic carbocycles. The molecule has 7 heteroatoms. The molecule has 0 bridgehead atoms. The highest BCUT2D eigenvalue weighted by molar-refractivity contribution is 5.98. The summed E-state index contributed by atoms with van der Waals surface area (Å²) >= 11 is 0. The number of amides is 1. The van der Waals surface area contributed by atoms with Gasteiger partial charge in [0.1, 0.15) is 11.1 Å². The molecule has 1 aliphatic rings. The molecular formula is C22H20N4O3. The van der Waals surface area contributed by atoms with Gasteiger partial charge in [-0.3, -0.25) is 9.59 Å². The summed E-state index contributed by atoms with van der Waals surface area (Å²) in [5, 5.41) is 12.3. The van der Waals surface area contributed by atoms with E-state index >= 15 is 0 Å². The Kier molecular flexibility index (Phi) is 5.00. The van der Waals surface area contributed by atoms with Gasteiger partial charge in [0.15, 0.2) is 0 Å². The maximum atomic E-state index is 12.8. The van der Waals surface area contributed by atoms with Crippen molar-refractivity contribution in [2.45, 2.75) is 19.4 Å². The first-order valence-electron chi connectivity index (χ1n) is 9.45. The molecule has 0 unspecified atom stereocenters. The maximum absolute atomic E-state index is 12.8. The Bertz CT molecular complexity index is 1170. The second-order valence-electron chi connectivity index (χ2n) is 7.22. The highest BCUT2D eigenvalue weighted by atomic mass is 16.5. The van der Waals surface area contributed by atoms with Crippen molar-refractivity contribution < 1.29 is 9.53 Å². The number of rotatable bonds is 6. The van der Waals surface area contributed by atoms with Crippen molar-refractivity contribution in [1.82, 2.24) is 14.9 Å². The van der Waals surface area contributed by atoms with Crippen molar-refractivity contribution in [1.29, 1.82) is 5.26 Å². The second-order valence-corrected chi connectivity index (χ2v) is 7.22. The van der Waals surface area contributed by atoms with Crippen LogP contribution < -0.4 is 15.6 Å². The summed E-state index contributed by atoms with van der Waals surface area (Å²) < 4.78 is 7.23. The van der Waals surface area contributed by atoms with Crippen LogP contribution in [0.15, 0.2) is 47.4 Å². The zero-order valence-corrected chi connectivity index (χ0v) is 16.0. The summed E-state index contributed by atoms with van der Waals surface area (Å²) in [6, 6.07) is 12.3. The number of carbonyl (C=O) groups is 1. The highest BCUT2D eigenvalue weighted by Gasteiger charge is 2.23. The molecule has 1 fully saturated rings. The van der Waals surface area contributed by atoms with Gasteiger partial charge in [-0.2, -0.15) is 5.26 Å². The van der Waals surface area contributed by atoms with Gasteiger partial charge in [0, 0.05) is 25.2 Å². The molecule has 2 aromatic heterocycles. The molecule has 29 heavy (non-hydrogen) atoms. The fourth-order valence-electron chi connectivity index (χ4n) is 3.13. The van der Waals surface area contributed by atoms with Crippen LogP contribution in [0.1, 0.15) is 34.3 Å². The first-order valence-corrected chi connectivity index (χ1v) is 9.45. The van der Waals surface area contributed by atoms with Crippen molar-refractivity contribution in [2.24, 2.45) is 13.0 Å². The lowest BCUT2D eigenvalue weighted by Crippen LogP contribution is -2.32. The van der Waals surface area contributed by atoms with Gasteiger partial charge < -0.3 is 14.6 Å². The van der Waals surface area contributed by atoms with Crippen molar-refractivity contribution in [3.8, 4) is 11.9 Å². The molecule has 146 valence electrons. The summed E-state index contributed by atoms with van der Waals surface area (Å²) in [7, 11) is 1.62. The van der Waals surface area contributed by atoms with E-state index in [0.29, 0.717) is 29.5 Å². The van der Waals surface area contributed by atoms with E-state index in [4.69, 9.17) is 10.00 Å². The Hall–Kier alpha value is -3.66. The number of benzene rings is 1. The number of nitrogens with one attached hydrogen (secondary N) is 1. The van der Waals surface area contributed by atoms with Crippen LogP contribution in [-0.4, -0.2) is 22.1 Å². The predicted molar refractivity (Wildman–Crippen MR) is 108 cm³/mol. The van der Waals surface area contributed by atoms with Crippen molar-refractivity contribution in [3.05, 3.63) is 69.6 Å². The van der Waals surface area contributed by atoms with Crippen LogP contribution in [0.3, 0.4) is 0 Å². The number of nitrogens with zero attached hydrogens (tertiary/aromatic N) is 3. The van der Waals surface area contributed by atoms with Gasteiger partial charge in [0.05, 0.1) is 18.2 Å². The zero-order chi connectivity index (χ0) is 20.4. The van der Waals surface area contributed by atoms with Crippen LogP contribution in [0, 0.1) is 17.2 Å². The number of nitriles is 1. The first-order chi connectivity index (χ1) is 14.1. The molecule has 4 rings (SSSR count). The summed E-state index contributed by atoms with van der Waals surface area (Å²) in [5.74, 6) is 0.532. The molecule has 1 N–H and O–H groups in total. The fourth-order valence-corrected chi connectivity index (χ4v) is 3.13. The normalized spacial score (nSPS) is 13.1. The van der Waals surface area contributed by atoms with Gasteiger partial charge in [-0.25, -0.2) is 4.98 Å². The first kappa shape index (κ1) is 18.7. The Morgan fingerprint density at radius 3 is 2.76 bits per heavy atom. The van der Waals surface area contributed by atoms with Gasteiger partial charge in [0.2, 0.25) is 5.88 Å². The van der Waals surface area contributed by atoms with Gasteiger partial charge in [-0.05, 0) is 48.6 Å². The van der Waals surface area contributed by atoms with Gasteiger partial charge in [0.25, 0.3) is 11.5 Å². The van der Waals surface area contributed by atoms with E-state index in [1.165, 1.54) is 4.57 Å². The molecule has 0 aliphatic heterocycles. The van der Waals surface area contributed by atoms with E-state index in [1.54, 1.807) is 49.6 Å². The SMILES string of the molecule is Cn1c(=O)c(C(=O)NCc2ccc(C#N)cc2)cc2ccnc(OCC3CC3)c21. The third-order valence-electron chi connectivity index (χ3n) is 5.03. The van der Waals surface area contributed by atoms with Crippen molar-refractivity contribution in [3.63, 3.8) is 0 Å². The maximum Gasteiger partial charge on any atom is 0.263 e. The quantitative estimate of drug-likeness (QED) is 0.700. The predicted octanol–water partition coefficient (Wildman–Crippen LogP) is 2.52. The summed E-state index contributed by atoms with van der Waals surface area (Å²) in [6.45, 7) is 0.852. The number of aryl methyl sites for hydroxylation is 1. The number of hydrogen-bond donors (Lipinski definition) is 1. The molecule has 0 atom stereocenters. The standard InChI is InChI=1S/C22H20N4O3/c1-26-19-17(8-9-24-21(19)29-13-16-6-7-16)10-18(22(26)28)20(27)25-12-15-4-2-14(11-23)3-5-15/h2-5,8-10,16H,6-7,12-13H2,1H3,(H,25,27). The third-order valence-corrected chi connectivity index (χ3v) is 5.03. The fraction of sp³-hybridized carbons (Fsp3) is 0.273. The number of hydrogen-bond acceptors (Lipinski definition) is 5. The molecule has 0 spiro atoms. The highest BCUT2D eigenvalue weighted by Crippen LogP contribution is 2.30. The summed E-state index contributed by atoms with van der Waals surface area (Å²) in [6.07, 6.45) is 3.94. The molecule has 0 saturated heterocycles. The van der Waals surface area contributed by atoms with E-state index < -0.39 is 11.5 Å². The van der Waals surface area contributed by atoms with E-state index in [-0.39, 0.29) is 12.1 Å². The van der Waals surface area contributed by atoms with Crippen LogP contribution in [-0.2, 0) is 13.6 Å². The van der Waals surface area contributed by atoms with E-state index in [2.05, 4.69) is 16.4 Å². The average molecular weight is 388 g/mol. The molecule has 2 heterocycles. The van der Waals surface area contributed by atoms with E-state index in [1.807, 2.05) is 0 Å². The van der Waals surface area contributed by atoms with Crippen molar-refractivity contribution in [2.75, 3.05) is 6.61 Å². The minimum absolute atomic E-state index is 0.0630. The van der Waals surface area contributed by atoms with E-state index in [9.17, 15) is 9.59 Å². The van der Waals surface area contributed by atoms with Crippen molar-refractivity contribution >= 4 is 16.8 Å². The van der Waals surface area contributed by atoms with Crippen LogP contribution in [0.25, 0.3) is 10.9 Å². The monoisotopic (exact) mass is 388 g/mol. The molecule has 1 aliphatic carbocycles. The Morgan fingerprint density at radius 1 is 1.31 bits per heavy atom. The number of carbonyl (C=O) groups excluding carboxylic acids is 1. The summed E-state index contributed by atoms with van der Waals surface area (Å²) in [4.78, 5) is 29.7. The van der Waals surface area contributed by atoms with Gasteiger partial charge in [-0.15, -0.1) is 0 Å². The zero-order valence-electron chi connectivity index (χ0n) is 16.0. The molecule has 1 saturated carbocycles. The lowest BCUT2D eigenvalue weighted by Gasteiger charge is -2.13. The van der Waals surface area contributed by atoms with Crippen LogP contribution in [0.5, 0.6) is 5.88 Å². The topological polar surface area (TPSA) is 97.0 Å². The Balaban J connectivity index is 1.58. The van der Waals surface area contributed by atoms with Crippen LogP contribution in [0.2, 0.25) is 0 Å². The number of fused-ring (bicyclic) bond motifs is 1. The smallest absolute Gasteiger partial charge is 0.263 e. The Morgan fingerprint density at radius 2 is 2.07 bits per heavy atom. The largest absolute Gasteiger partial charge is 0.476 e. The number of pyridine rings is 2. The number of ether oxygens (including phenoxy) is 1. The molecule has 0 radical (unpaired) electrons. The van der Waals surface area contributed by atoms with Gasteiger partial charge >= 0.3 is 0 Å². The lowest BCUT2D eigenvalue weighted by atomic mass is 10.1. The minimum atomic E-state index is -0.450. The molecular weight excluding hydrogens is 368 g/mol. The van der Waals surface area contributed by atoms with Crippen LogP contribution in [0.4, 0.5) is 0 Å². The Labute approximate surface area is 167 Å².